The molecule has 0 aliphatic carbocycles. The highest BCUT2D eigenvalue weighted by molar-refractivity contribution is 7.99. The van der Waals surface area contributed by atoms with Gasteiger partial charge in [0.05, 0.1) is 18.4 Å². The van der Waals surface area contributed by atoms with Gasteiger partial charge in [-0.1, -0.05) is 62.0 Å². The molecule has 1 saturated heterocycles. The van der Waals surface area contributed by atoms with E-state index in [1.54, 1.807) is 11.8 Å². The zero-order chi connectivity index (χ0) is 21.8. The molecule has 3 aromatic rings. The Kier molecular flexibility index (Phi) is 7.10. The fourth-order valence-electron chi connectivity index (χ4n) is 3.97. The van der Waals surface area contributed by atoms with E-state index in [4.69, 9.17) is 4.74 Å². The Morgan fingerprint density at radius 1 is 1.06 bits per heavy atom. The molecule has 1 aliphatic rings. The monoisotopic (exact) mass is 436 g/mol. The molecule has 1 fully saturated rings. The highest BCUT2D eigenvalue weighted by atomic mass is 32.2. The maximum atomic E-state index is 6.06. The molecule has 4 rings (SSSR count). The summed E-state index contributed by atoms with van der Waals surface area (Å²) in [7, 11) is 0. The number of hydrogen-bond donors (Lipinski definition) is 0. The van der Waals surface area contributed by atoms with Crippen LogP contribution in [-0.2, 0) is 4.74 Å². The van der Waals surface area contributed by atoms with Crippen LogP contribution >= 0.6 is 11.8 Å². The number of hydrogen-bond acceptors (Lipinski definition) is 5. The topological polar surface area (TPSA) is 43.2 Å². The summed E-state index contributed by atoms with van der Waals surface area (Å²) >= 11 is 1.73. The van der Waals surface area contributed by atoms with Crippen molar-refractivity contribution in [1.29, 1.82) is 0 Å². The van der Waals surface area contributed by atoms with Crippen LogP contribution in [0.15, 0.2) is 53.7 Å². The average Bonchev–Trinajstić information content (AvgIpc) is 3.19. The summed E-state index contributed by atoms with van der Waals surface area (Å²) in [5, 5.41) is 10.1. The number of aromatic nitrogens is 3. The van der Waals surface area contributed by atoms with Crippen molar-refractivity contribution in [2.45, 2.75) is 39.0 Å². The van der Waals surface area contributed by atoms with Gasteiger partial charge in [0, 0.05) is 31.0 Å². The molecule has 1 atom stereocenters. The van der Waals surface area contributed by atoms with Crippen molar-refractivity contribution in [3.05, 3.63) is 59.7 Å². The van der Waals surface area contributed by atoms with Crippen LogP contribution in [0.1, 0.15) is 25.0 Å². The van der Waals surface area contributed by atoms with Crippen molar-refractivity contribution in [3.63, 3.8) is 0 Å². The third-order valence-corrected chi connectivity index (χ3v) is 6.72. The van der Waals surface area contributed by atoms with Crippen LogP contribution in [0, 0.1) is 19.8 Å². The lowest BCUT2D eigenvalue weighted by Crippen LogP contribution is -2.44. The first-order valence-electron chi connectivity index (χ1n) is 11.1. The normalized spacial score (nSPS) is 17.4. The van der Waals surface area contributed by atoms with E-state index in [-0.39, 0.29) is 6.10 Å². The molecule has 2 aromatic carbocycles. The zero-order valence-electron chi connectivity index (χ0n) is 18.9. The smallest absolute Gasteiger partial charge is 0.196 e. The Labute approximate surface area is 189 Å². The summed E-state index contributed by atoms with van der Waals surface area (Å²) in [4.78, 5) is 2.52. The molecule has 31 heavy (non-hydrogen) atoms. The van der Waals surface area contributed by atoms with E-state index in [0.29, 0.717) is 5.92 Å². The Hall–Kier alpha value is -2.15. The molecule has 0 N–H and O–H groups in total. The summed E-state index contributed by atoms with van der Waals surface area (Å²) in [5.41, 5.74) is 4.71. The van der Waals surface area contributed by atoms with Gasteiger partial charge in [0.25, 0.3) is 0 Å². The second-order valence-electron chi connectivity index (χ2n) is 8.73. The Morgan fingerprint density at radius 2 is 1.87 bits per heavy atom. The van der Waals surface area contributed by atoms with E-state index in [1.165, 1.54) is 11.1 Å². The molecule has 0 spiro atoms. The van der Waals surface area contributed by atoms with E-state index >= 15 is 0 Å². The molecule has 6 heteroatoms. The molecular weight excluding hydrogens is 404 g/mol. The molecule has 164 valence electrons. The maximum Gasteiger partial charge on any atom is 0.196 e. The minimum atomic E-state index is 0.211. The first-order chi connectivity index (χ1) is 15.0. The van der Waals surface area contributed by atoms with E-state index in [1.807, 2.05) is 18.2 Å². The number of benzene rings is 2. The SMILES string of the molecule is Cc1ccc(-n2c(SC[C@H]3CN(CC(C)C)CCO3)nnc2-c2ccccc2)cc1C. The summed E-state index contributed by atoms with van der Waals surface area (Å²) in [6.45, 7) is 12.8. The van der Waals surface area contributed by atoms with Crippen LogP contribution < -0.4 is 0 Å². The predicted molar refractivity (Wildman–Crippen MR) is 128 cm³/mol. The lowest BCUT2D eigenvalue weighted by molar-refractivity contribution is -0.0191. The first-order valence-corrected chi connectivity index (χ1v) is 12.0. The Morgan fingerprint density at radius 3 is 2.61 bits per heavy atom. The van der Waals surface area contributed by atoms with Crippen molar-refractivity contribution in [2.24, 2.45) is 5.92 Å². The number of ether oxygens (including phenoxy) is 1. The van der Waals surface area contributed by atoms with Crippen molar-refractivity contribution in [1.82, 2.24) is 19.7 Å². The first kappa shape index (κ1) is 22.1. The third kappa shape index (κ3) is 5.37. The molecule has 0 unspecified atom stereocenters. The van der Waals surface area contributed by atoms with Gasteiger partial charge in [0.15, 0.2) is 11.0 Å². The van der Waals surface area contributed by atoms with Crippen LogP contribution in [0.2, 0.25) is 0 Å². The van der Waals surface area contributed by atoms with Gasteiger partial charge in [-0.15, -0.1) is 10.2 Å². The van der Waals surface area contributed by atoms with E-state index < -0.39 is 0 Å². The molecule has 0 saturated carbocycles. The summed E-state index contributed by atoms with van der Waals surface area (Å²) in [6.07, 6.45) is 0.211. The van der Waals surface area contributed by atoms with Crippen LogP contribution in [0.5, 0.6) is 0 Å². The van der Waals surface area contributed by atoms with Crippen molar-refractivity contribution >= 4 is 11.8 Å². The van der Waals surface area contributed by atoms with Gasteiger partial charge in [-0.25, -0.2) is 0 Å². The zero-order valence-corrected chi connectivity index (χ0v) is 19.7. The van der Waals surface area contributed by atoms with Crippen molar-refractivity contribution < 1.29 is 4.74 Å². The van der Waals surface area contributed by atoms with Crippen LogP contribution in [-0.4, -0.2) is 57.8 Å². The number of thioether (sulfide) groups is 1. The number of morpholine rings is 1. The van der Waals surface area contributed by atoms with Gasteiger partial charge < -0.3 is 4.74 Å². The Bertz CT molecular complexity index is 1000. The number of nitrogens with zero attached hydrogens (tertiary/aromatic N) is 4. The van der Waals surface area contributed by atoms with E-state index in [0.717, 1.165) is 54.2 Å². The largest absolute Gasteiger partial charge is 0.375 e. The highest BCUT2D eigenvalue weighted by Crippen LogP contribution is 2.29. The molecule has 0 bridgehead atoms. The minimum Gasteiger partial charge on any atom is -0.375 e. The van der Waals surface area contributed by atoms with Crippen LogP contribution in [0.25, 0.3) is 17.1 Å². The van der Waals surface area contributed by atoms with Gasteiger partial charge in [0.2, 0.25) is 0 Å². The van der Waals surface area contributed by atoms with E-state index in [9.17, 15) is 0 Å². The average molecular weight is 437 g/mol. The second-order valence-corrected chi connectivity index (χ2v) is 9.72. The van der Waals surface area contributed by atoms with Gasteiger partial charge in [-0.05, 0) is 43.0 Å². The molecular formula is C25H32N4OS. The van der Waals surface area contributed by atoms with Gasteiger partial charge in [-0.3, -0.25) is 9.47 Å². The molecule has 5 nitrogen and oxygen atoms in total. The van der Waals surface area contributed by atoms with E-state index in [2.05, 4.69) is 77.7 Å². The van der Waals surface area contributed by atoms with Crippen LogP contribution in [0.4, 0.5) is 0 Å². The van der Waals surface area contributed by atoms with Gasteiger partial charge in [-0.2, -0.15) is 0 Å². The third-order valence-electron chi connectivity index (χ3n) is 5.66. The standard InChI is InChI=1S/C25H32N4OS/c1-18(2)15-28-12-13-30-23(16-28)17-31-25-27-26-24(21-8-6-5-7-9-21)29(25)22-11-10-19(3)20(4)14-22/h5-11,14,18,23H,12-13,15-17H2,1-4H3/t23-/m1/s1. The lowest BCUT2D eigenvalue weighted by Gasteiger charge is -2.33. The number of aryl methyl sites for hydroxylation is 2. The second kappa shape index (κ2) is 9.98. The Balaban J connectivity index is 1.59. The van der Waals surface area contributed by atoms with Gasteiger partial charge in [0.1, 0.15) is 0 Å². The molecule has 0 amide bonds. The summed E-state index contributed by atoms with van der Waals surface area (Å²) < 4.78 is 8.25. The highest BCUT2D eigenvalue weighted by Gasteiger charge is 2.23. The summed E-state index contributed by atoms with van der Waals surface area (Å²) in [5.74, 6) is 2.41. The number of rotatable bonds is 7. The fraction of sp³-hybridized carbons (Fsp3) is 0.440. The van der Waals surface area contributed by atoms with Crippen molar-refractivity contribution in [2.75, 3.05) is 32.0 Å². The fourth-order valence-corrected chi connectivity index (χ4v) is 4.92. The van der Waals surface area contributed by atoms with Gasteiger partial charge >= 0.3 is 0 Å². The molecule has 2 heterocycles. The molecule has 1 aliphatic heterocycles. The molecule has 1 aromatic heterocycles. The lowest BCUT2D eigenvalue weighted by atomic mass is 10.1. The maximum absolute atomic E-state index is 6.06. The van der Waals surface area contributed by atoms with Crippen molar-refractivity contribution in [3.8, 4) is 17.1 Å². The van der Waals surface area contributed by atoms with Crippen LogP contribution in [0.3, 0.4) is 0 Å². The minimum absolute atomic E-state index is 0.211. The molecule has 0 radical (unpaired) electrons. The quantitative estimate of drug-likeness (QED) is 0.488. The predicted octanol–water partition coefficient (Wildman–Crippen LogP) is 5.00. The summed E-state index contributed by atoms with van der Waals surface area (Å²) in [6, 6.07) is 16.8.